The second-order valence-corrected chi connectivity index (χ2v) is 2.75. The van der Waals surface area contributed by atoms with E-state index in [1.807, 2.05) is 0 Å². The van der Waals surface area contributed by atoms with Crippen LogP contribution in [0.4, 0.5) is 0 Å². The molecule has 0 aliphatic heterocycles. The van der Waals surface area contributed by atoms with E-state index < -0.39 is 0 Å². The first-order chi connectivity index (χ1) is 4.75. The van der Waals surface area contributed by atoms with Gasteiger partial charge in [0.05, 0.1) is 6.10 Å². The van der Waals surface area contributed by atoms with E-state index in [2.05, 4.69) is 26.0 Å². The molecule has 1 rings (SSSR count). The highest BCUT2D eigenvalue weighted by Crippen LogP contribution is 2.20. The first-order valence-corrected chi connectivity index (χ1v) is 3.61. The molecule has 0 saturated carbocycles. The van der Waals surface area contributed by atoms with E-state index in [1.165, 1.54) is 11.1 Å². The molecule has 0 saturated heterocycles. The van der Waals surface area contributed by atoms with E-state index in [4.69, 9.17) is 4.74 Å². The first-order valence-electron chi connectivity index (χ1n) is 3.61. The third-order valence-corrected chi connectivity index (χ3v) is 2.09. The number of hydrogen-bond donors (Lipinski definition) is 0. The maximum Gasteiger partial charge on any atom is 0.0962 e. The Morgan fingerprint density at radius 3 is 2.70 bits per heavy atom. The lowest BCUT2D eigenvalue weighted by atomic mass is 9.97. The SMILES string of the molecule is COC1C=CCC(C)=C1C. The summed E-state index contributed by atoms with van der Waals surface area (Å²) in [5.74, 6) is 0. The monoisotopic (exact) mass is 138 g/mol. The summed E-state index contributed by atoms with van der Waals surface area (Å²) in [6, 6.07) is 0. The van der Waals surface area contributed by atoms with Crippen molar-refractivity contribution in [2.75, 3.05) is 7.11 Å². The van der Waals surface area contributed by atoms with Crippen molar-refractivity contribution in [3.63, 3.8) is 0 Å². The zero-order valence-electron chi connectivity index (χ0n) is 6.85. The molecule has 1 atom stereocenters. The third-order valence-electron chi connectivity index (χ3n) is 2.09. The highest BCUT2D eigenvalue weighted by atomic mass is 16.5. The van der Waals surface area contributed by atoms with Crippen molar-refractivity contribution in [2.24, 2.45) is 0 Å². The molecule has 0 aromatic rings. The summed E-state index contributed by atoms with van der Waals surface area (Å²) in [5.41, 5.74) is 2.80. The highest BCUT2D eigenvalue weighted by molar-refractivity contribution is 5.26. The van der Waals surface area contributed by atoms with Crippen molar-refractivity contribution >= 4 is 0 Å². The van der Waals surface area contributed by atoms with Gasteiger partial charge in [-0.1, -0.05) is 17.7 Å². The van der Waals surface area contributed by atoms with Gasteiger partial charge in [-0.05, 0) is 25.8 Å². The molecule has 0 N–H and O–H groups in total. The Morgan fingerprint density at radius 2 is 2.20 bits per heavy atom. The van der Waals surface area contributed by atoms with Gasteiger partial charge in [-0.2, -0.15) is 0 Å². The summed E-state index contributed by atoms with van der Waals surface area (Å²) in [5, 5.41) is 0. The number of ether oxygens (including phenoxy) is 1. The van der Waals surface area contributed by atoms with Crippen LogP contribution in [0, 0.1) is 0 Å². The van der Waals surface area contributed by atoms with E-state index in [9.17, 15) is 0 Å². The second kappa shape index (κ2) is 3.02. The summed E-state index contributed by atoms with van der Waals surface area (Å²) in [4.78, 5) is 0. The van der Waals surface area contributed by atoms with Crippen LogP contribution >= 0.6 is 0 Å². The van der Waals surface area contributed by atoms with Crippen LogP contribution in [0.1, 0.15) is 20.3 Å². The molecule has 0 heterocycles. The normalized spacial score (nSPS) is 25.7. The Bertz CT molecular complexity index is 177. The number of allylic oxidation sites excluding steroid dienone is 2. The average molecular weight is 138 g/mol. The van der Waals surface area contributed by atoms with Crippen LogP contribution in [0.2, 0.25) is 0 Å². The van der Waals surface area contributed by atoms with Gasteiger partial charge in [-0.3, -0.25) is 0 Å². The van der Waals surface area contributed by atoms with Gasteiger partial charge in [-0.25, -0.2) is 0 Å². The summed E-state index contributed by atoms with van der Waals surface area (Å²) >= 11 is 0. The smallest absolute Gasteiger partial charge is 0.0962 e. The minimum atomic E-state index is 0.230. The minimum Gasteiger partial charge on any atom is -0.373 e. The molecule has 0 radical (unpaired) electrons. The van der Waals surface area contributed by atoms with Gasteiger partial charge in [0.2, 0.25) is 0 Å². The second-order valence-electron chi connectivity index (χ2n) is 2.75. The van der Waals surface area contributed by atoms with Crippen LogP contribution in [-0.2, 0) is 4.74 Å². The molecule has 10 heavy (non-hydrogen) atoms. The van der Waals surface area contributed by atoms with E-state index in [0.29, 0.717) is 0 Å². The van der Waals surface area contributed by atoms with Crippen LogP contribution in [0.25, 0.3) is 0 Å². The van der Waals surface area contributed by atoms with Crippen molar-refractivity contribution in [1.29, 1.82) is 0 Å². The fraction of sp³-hybridized carbons (Fsp3) is 0.556. The first kappa shape index (κ1) is 7.55. The molecule has 0 spiro atoms. The van der Waals surface area contributed by atoms with Gasteiger partial charge in [-0.15, -0.1) is 0 Å². The Kier molecular flexibility index (Phi) is 2.28. The molecule has 0 amide bonds. The van der Waals surface area contributed by atoms with E-state index >= 15 is 0 Å². The van der Waals surface area contributed by atoms with Crippen molar-refractivity contribution in [3.05, 3.63) is 23.3 Å². The lowest BCUT2D eigenvalue weighted by molar-refractivity contribution is 0.166. The van der Waals surface area contributed by atoms with Gasteiger partial charge in [0.1, 0.15) is 0 Å². The number of rotatable bonds is 1. The molecule has 56 valence electrons. The molecule has 1 unspecified atom stereocenters. The molecule has 0 bridgehead atoms. The molecule has 1 aliphatic rings. The summed E-state index contributed by atoms with van der Waals surface area (Å²) in [7, 11) is 1.75. The molecule has 0 fully saturated rings. The number of hydrogen-bond acceptors (Lipinski definition) is 1. The van der Waals surface area contributed by atoms with E-state index in [-0.39, 0.29) is 6.10 Å². The zero-order valence-corrected chi connectivity index (χ0v) is 6.85. The summed E-state index contributed by atoms with van der Waals surface area (Å²) in [6.07, 6.45) is 5.60. The Morgan fingerprint density at radius 1 is 1.50 bits per heavy atom. The van der Waals surface area contributed by atoms with Crippen molar-refractivity contribution < 1.29 is 4.74 Å². The third kappa shape index (κ3) is 1.29. The Balaban J connectivity index is 2.75. The predicted octanol–water partition coefficient (Wildman–Crippen LogP) is 2.30. The van der Waals surface area contributed by atoms with E-state index in [0.717, 1.165) is 6.42 Å². The van der Waals surface area contributed by atoms with Crippen molar-refractivity contribution in [2.45, 2.75) is 26.4 Å². The van der Waals surface area contributed by atoms with Gasteiger partial charge in [0.15, 0.2) is 0 Å². The average Bonchev–Trinajstić information content (AvgIpc) is 1.95. The molecular formula is C9H14O. The lowest BCUT2D eigenvalue weighted by Crippen LogP contribution is -2.12. The topological polar surface area (TPSA) is 9.23 Å². The van der Waals surface area contributed by atoms with Crippen LogP contribution in [0.5, 0.6) is 0 Å². The molecular weight excluding hydrogens is 124 g/mol. The van der Waals surface area contributed by atoms with Crippen LogP contribution in [-0.4, -0.2) is 13.2 Å². The van der Waals surface area contributed by atoms with Gasteiger partial charge < -0.3 is 4.74 Å². The molecule has 1 heteroatoms. The fourth-order valence-corrected chi connectivity index (χ4v) is 1.17. The van der Waals surface area contributed by atoms with Gasteiger partial charge in [0, 0.05) is 7.11 Å². The Labute approximate surface area is 62.4 Å². The van der Waals surface area contributed by atoms with Crippen LogP contribution < -0.4 is 0 Å². The molecule has 1 aliphatic carbocycles. The summed E-state index contributed by atoms with van der Waals surface area (Å²) in [6.45, 7) is 4.29. The van der Waals surface area contributed by atoms with Gasteiger partial charge >= 0.3 is 0 Å². The zero-order chi connectivity index (χ0) is 7.56. The quantitative estimate of drug-likeness (QED) is 0.505. The maximum absolute atomic E-state index is 5.23. The van der Waals surface area contributed by atoms with E-state index in [1.54, 1.807) is 7.11 Å². The standard InChI is InChI=1S/C9H14O/c1-7-5-4-6-9(10-3)8(7)2/h4,6,9H,5H2,1-3H3. The minimum absolute atomic E-state index is 0.230. The summed E-state index contributed by atoms with van der Waals surface area (Å²) < 4.78 is 5.23. The largest absolute Gasteiger partial charge is 0.373 e. The van der Waals surface area contributed by atoms with Crippen molar-refractivity contribution in [3.8, 4) is 0 Å². The molecule has 1 nitrogen and oxygen atoms in total. The van der Waals surface area contributed by atoms with Crippen molar-refractivity contribution in [1.82, 2.24) is 0 Å². The van der Waals surface area contributed by atoms with Gasteiger partial charge in [0.25, 0.3) is 0 Å². The lowest BCUT2D eigenvalue weighted by Gasteiger charge is -2.18. The maximum atomic E-state index is 5.23. The predicted molar refractivity (Wildman–Crippen MR) is 42.9 cm³/mol. The molecule has 0 aromatic heterocycles. The van der Waals surface area contributed by atoms with Crippen LogP contribution in [0.15, 0.2) is 23.3 Å². The number of methoxy groups -OCH3 is 1. The van der Waals surface area contributed by atoms with Crippen LogP contribution in [0.3, 0.4) is 0 Å². The highest BCUT2D eigenvalue weighted by Gasteiger charge is 2.10. The molecule has 0 aromatic carbocycles. The Hall–Kier alpha value is -0.560. The fourth-order valence-electron chi connectivity index (χ4n) is 1.17.